The van der Waals surface area contributed by atoms with Crippen molar-refractivity contribution >= 4 is 28.3 Å². The number of nitrogens with zero attached hydrogens (tertiary/aromatic N) is 1. The van der Waals surface area contributed by atoms with E-state index in [0.717, 1.165) is 16.6 Å². The Bertz CT molecular complexity index is 683. The fraction of sp³-hybridized carbons (Fsp3) is 0. The third-order valence-corrected chi connectivity index (χ3v) is 5.82. The van der Waals surface area contributed by atoms with Crippen molar-refractivity contribution in [3.8, 4) is 0 Å². The molecule has 0 radical (unpaired) electrons. The first-order valence-electron chi connectivity index (χ1n) is 4.08. The Labute approximate surface area is 102 Å². The van der Waals surface area contributed by atoms with Gasteiger partial charge < -0.3 is 0 Å². The summed E-state index contributed by atoms with van der Waals surface area (Å²) in [5.41, 5.74) is 0. The van der Waals surface area contributed by atoms with Gasteiger partial charge in [-0.15, -0.1) is 4.49 Å². The average molecular weight is 322 g/mol. The van der Waals surface area contributed by atoms with E-state index in [-0.39, 0.29) is 0 Å². The molecule has 1 aromatic carbocycles. The maximum absolute atomic E-state index is 12.9. The lowest BCUT2D eigenvalue weighted by atomic mass is 10.4. The van der Waals surface area contributed by atoms with Gasteiger partial charge in [0.25, 0.3) is 0 Å². The van der Waals surface area contributed by atoms with Gasteiger partial charge in [-0.3, -0.25) is 0 Å². The summed E-state index contributed by atoms with van der Waals surface area (Å²) in [7, 11) is -16.5. The first kappa shape index (κ1) is 15.2. The highest BCUT2D eigenvalue weighted by molar-refractivity contribution is 7.96. The molecule has 1 aromatic rings. The van der Waals surface area contributed by atoms with E-state index in [0.29, 0.717) is 0 Å². The molecule has 0 aliphatic rings. The first-order valence-corrected chi connectivity index (χ1v) is 8.43. The van der Waals surface area contributed by atoms with E-state index in [1.54, 1.807) is 4.15 Å². The summed E-state index contributed by atoms with van der Waals surface area (Å²) >= 11 is 0. The number of benzene rings is 1. The van der Waals surface area contributed by atoms with Gasteiger partial charge in [-0.25, -0.2) is 8.42 Å². The molecule has 0 aromatic heterocycles. The van der Waals surface area contributed by atoms with Crippen LogP contribution in [0.2, 0.25) is 0 Å². The smallest absolute Gasteiger partial charge is 0.207 e. The van der Waals surface area contributed by atoms with Gasteiger partial charge in [-0.1, -0.05) is 26.2 Å². The molecule has 0 aliphatic carbocycles. The summed E-state index contributed by atoms with van der Waals surface area (Å²) in [6, 6.07) is 6.00. The minimum Gasteiger partial charge on any atom is -0.207 e. The van der Waals surface area contributed by atoms with Crippen molar-refractivity contribution < 1.29 is 29.1 Å². The highest BCUT2D eigenvalue weighted by atomic mass is 32.3. The largest absolute Gasteiger partial charge is 0.422 e. The van der Waals surface area contributed by atoms with Crippen molar-refractivity contribution in [2.75, 3.05) is 0 Å². The molecule has 6 nitrogen and oxygen atoms in total. The van der Waals surface area contributed by atoms with Crippen molar-refractivity contribution in [3.63, 3.8) is 0 Å². The van der Waals surface area contributed by atoms with Crippen LogP contribution < -0.4 is 4.49 Å². The Kier molecular flexibility index (Phi) is 4.21. The zero-order valence-corrected chi connectivity index (χ0v) is 10.9. The SMILES string of the molecule is O=S(=O)(F)N=P(F)(F)NS(=O)(=O)c1ccccc1. The van der Waals surface area contributed by atoms with Gasteiger partial charge in [0.2, 0.25) is 10.0 Å². The minimum atomic E-state index is -6.03. The number of rotatable bonds is 4. The summed E-state index contributed by atoms with van der Waals surface area (Å²) in [5, 5.41) is 0. The monoisotopic (exact) mass is 322 g/mol. The maximum atomic E-state index is 12.9. The van der Waals surface area contributed by atoms with Gasteiger partial charge in [0.05, 0.1) is 4.90 Å². The zero-order chi connectivity index (χ0) is 14.0. The normalized spacial score (nSPS) is 13.3. The Hall–Kier alpha value is -0.900. The molecule has 0 atom stereocenters. The van der Waals surface area contributed by atoms with E-state index in [1.165, 1.54) is 18.2 Å². The van der Waals surface area contributed by atoms with E-state index < -0.39 is 33.2 Å². The predicted molar refractivity (Wildman–Crippen MR) is 58.4 cm³/mol. The molecule has 0 unspecified atom stereocenters. The third kappa shape index (κ3) is 4.77. The highest BCUT2D eigenvalue weighted by Gasteiger charge is 2.30. The Balaban J connectivity index is 3.17. The Morgan fingerprint density at radius 3 is 2.00 bits per heavy atom. The van der Waals surface area contributed by atoms with Gasteiger partial charge in [0, 0.05) is 0 Å². The molecule has 0 bridgehead atoms. The number of nitrogens with one attached hydrogen (secondary N) is 1. The molecule has 0 fully saturated rings. The van der Waals surface area contributed by atoms with Crippen LogP contribution in [0.1, 0.15) is 0 Å². The number of sulfonamides is 1. The number of hydrogen-bond acceptors (Lipinski definition) is 4. The molecule has 102 valence electrons. The quantitative estimate of drug-likeness (QED) is 0.678. The van der Waals surface area contributed by atoms with Crippen LogP contribution in [0, 0.1) is 0 Å². The molecular weight excluding hydrogens is 316 g/mol. The van der Waals surface area contributed by atoms with Crippen LogP contribution in [-0.2, 0) is 20.4 Å². The Morgan fingerprint density at radius 1 is 1.06 bits per heavy atom. The molecule has 0 heterocycles. The molecule has 12 heteroatoms. The average Bonchev–Trinajstić information content (AvgIpc) is 2.13. The molecule has 18 heavy (non-hydrogen) atoms. The molecule has 0 spiro atoms. The van der Waals surface area contributed by atoms with Crippen molar-refractivity contribution in [1.82, 2.24) is 4.49 Å². The second-order valence-electron chi connectivity index (χ2n) is 2.89. The summed E-state index contributed by atoms with van der Waals surface area (Å²) in [4.78, 5) is -0.517. The number of hydrogen-bond donors (Lipinski definition) is 1. The van der Waals surface area contributed by atoms with Crippen molar-refractivity contribution in [3.05, 3.63) is 30.3 Å². The molecule has 1 rings (SSSR count). The second-order valence-corrected chi connectivity index (χ2v) is 7.54. The Morgan fingerprint density at radius 2 is 1.56 bits per heavy atom. The fourth-order valence-electron chi connectivity index (χ4n) is 0.936. The lowest BCUT2D eigenvalue weighted by Gasteiger charge is -2.07. The van der Waals surface area contributed by atoms with Gasteiger partial charge >= 0.3 is 18.2 Å². The van der Waals surface area contributed by atoms with E-state index in [9.17, 15) is 29.1 Å². The first-order chi connectivity index (χ1) is 8.02. The molecule has 0 aliphatic heterocycles. The van der Waals surface area contributed by atoms with Gasteiger partial charge in [0.1, 0.15) is 0 Å². The van der Waals surface area contributed by atoms with E-state index in [4.69, 9.17) is 0 Å². The predicted octanol–water partition coefficient (Wildman–Crippen LogP) is 2.06. The molecule has 1 N–H and O–H groups in total. The highest BCUT2D eigenvalue weighted by Crippen LogP contribution is 2.51. The summed E-state index contributed by atoms with van der Waals surface area (Å²) < 4.78 is 82.9. The van der Waals surface area contributed by atoms with Gasteiger partial charge in [-0.05, 0) is 12.1 Å². The maximum Gasteiger partial charge on any atom is 0.422 e. The van der Waals surface area contributed by atoms with Crippen LogP contribution in [0.4, 0.5) is 12.3 Å². The van der Waals surface area contributed by atoms with E-state index in [1.807, 2.05) is 0 Å². The van der Waals surface area contributed by atoms with Crippen LogP contribution in [0.25, 0.3) is 0 Å². The fourth-order valence-corrected chi connectivity index (χ4v) is 4.44. The zero-order valence-electron chi connectivity index (χ0n) is 8.36. The molecule has 0 saturated heterocycles. The van der Waals surface area contributed by atoms with E-state index in [2.05, 4.69) is 0 Å². The van der Waals surface area contributed by atoms with E-state index >= 15 is 0 Å². The van der Waals surface area contributed by atoms with Gasteiger partial charge in [0.15, 0.2) is 0 Å². The third-order valence-electron chi connectivity index (χ3n) is 1.48. The lowest BCUT2D eigenvalue weighted by Crippen LogP contribution is -2.18. The number of halogens is 3. The van der Waals surface area contributed by atoms with Crippen LogP contribution >= 0.6 is 7.83 Å². The standard InChI is InChI=1S/C6H6F3N2O4PS2/c7-16(8,11-18(9,14)15)10-17(12,13)6-4-2-1-3-5-6/h1-5,10H. The second kappa shape index (κ2) is 5.00. The summed E-state index contributed by atoms with van der Waals surface area (Å²) in [6.45, 7) is 0. The minimum absolute atomic E-state index is 0.517. The van der Waals surface area contributed by atoms with Gasteiger partial charge in [-0.2, -0.15) is 16.8 Å². The van der Waals surface area contributed by atoms with Crippen molar-refractivity contribution in [2.24, 2.45) is 4.15 Å². The lowest BCUT2D eigenvalue weighted by molar-refractivity contribution is 0.553. The molecule has 0 amide bonds. The van der Waals surface area contributed by atoms with Crippen LogP contribution in [0.3, 0.4) is 0 Å². The van der Waals surface area contributed by atoms with Crippen LogP contribution in [-0.4, -0.2) is 16.8 Å². The summed E-state index contributed by atoms with van der Waals surface area (Å²) in [6.07, 6.45) is 0. The topological polar surface area (TPSA) is 92.7 Å². The van der Waals surface area contributed by atoms with Crippen molar-refractivity contribution in [2.45, 2.75) is 4.90 Å². The van der Waals surface area contributed by atoms with Crippen LogP contribution in [0.5, 0.6) is 0 Å². The summed E-state index contributed by atoms with van der Waals surface area (Å²) in [5.74, 6) is 0. The molecule has 0 saturated carbocycles. The van der Waals surface area contributed by atoms with Crippen LogP contribution in [0.15, 0.2) is 39.4 Å². The molecular formula is C6H6F3N2O4PS2. The van der Waals surface area contributed by atoms with Crippen molar-refractivity contribution in [1.29, 1.82) is 0 Å².